The molecule has 0 bridgehead atoms. The molecule has 0 aliphatic carbocycles. The van der Waals surface area contributed by atoms with Gasteiger partial charge < -0.3 is 24.5 Å². The minimum Gasteiger partial charge on any atom is -0.618 e. The highest BCUT2D eigenvalue weighted by Gasteiger charge is 2.32. The number of aromatic nitrogens is 1. The molecule has 0 spiro atoms. The van der Waals surface area contributed by atoms with Crippen molar-refractivity contribution < 1.29 is 42.4 Å². The van der Waals surface area contributed by atoms with Crippen molar-refractivity contribution in [1.29, 1.82) is 0 Å². The number of benzene rings is 2. The predicted molar refractivity (Wildman–Crippen MR) is 133 cm³/mol. The Morgan fingerprint density at radius 3 is 2.34 bits per heavy atom. The highest BCUT2D eigenvalue weighted by molar-refractivity contribution is 5.98. The molecule has 0 amide bonds. The maximum Gasteiger partial charge on any atom is 0.309 e. The maximum atomic E-state index is 14.0. The summed E-state index contributed by atoms with van der Waals surface area (Å²) >= 11 is 0. The third kappa shape index (κ3) is 6.01. The fourth-order valence-corrected chi connectivity index (χ4v) is 4.26. The van der Waals surface area contributed by atoms with Crippen LogP contribution in [0.15, 0.2) is 48.7 Å². The van der Waals surface area contributed by atoms with Crippen LogP contribution in [0.3, 0.4) is 0 Å². The molecule has 0 saturated heterocycles. The van der Waals surface area contributed by atoms with Crippen LogP contribution < -0.4 is 14.2 Å². The molecule has 1 heterocycles. The van der Waals surface area contributed by atoms with Crippen molar-refractivity contribution in [3.8, 4) is 17.2 Å². The van der Waals surface area contributed by atoms with Crippen LogP contribution in [0, 0.1) is 29.7 Å². The molecule has 2 aromatic carbocycles. The van der Waals surface area contributed by atoms with Gasteiger partial charge in [0.1, 0.15) is 23.5 Å². The zero-order chi connectivity index (χ0) is 28.1. The highest BCUT2D eigenvalue weighted by Crippen LogP contribution is 2.37. The zero-order valence-corrected chi connectivity index (χ0v) is 21.7. The zero-order valence-electron chi connectivity index (χ0n) is 21.7. The van der Waals surface area contributed by atoms with E-state index in [9.17, 15) is 28.7 Å². The molecule has 0 aliphatic heterocycles. The van der Waals surface area contributed by atoms with E-state index in [0.29, 0.717) is 16.7 Å². The van der Waals surface area contributed by atoms with E-state index < -0.39 is 59.2 Å². The van der Waals surface area contributed by atoms with Crippen LogP contribution in [0.25, 0.3) is 0 Å². The number of halogens is 2. The van der Waals surface area contributed by atoms with Gasteiger partial charge in [-0.15, -0.1) is 0 Å². The summed E-state index contributed by atoms with van der Waals surface area (Å²) < 4.78 is 44.1. The highest BCUT2D eigenvalue weighted by atomic mass is 19.1. The molecule has 0 aliphatic rings. The van der Waals surface area contributed by atoms with Crippen LogP contribution in [0.1, 0.15) is 53.4 Å². The first-order valence-electron chi connectivity index (χ1n) is 11.8. The van der Waals surface area contributed by atoms with Gasteiger partial charge in [-0.1, -0.05) is 25.1 Å². The second-order valence-electron chi connectivity index (χ2n) is 8.95. The van der Waals surface area contributed by atoms with Gasteiger partial charge in [-0.25, -0.2) is 8.78 Å². The van der Waals surface area contributed by atoms with Gasteiger partial charge in [0.15, 0.2) is 11.9 Å². The third-order valence-corrected chi connectivity index (χ3v) is 6.26. The van der Waals surface area contributed by atoms with E-state index in [1.165, 1.54) is 51.5 Å². The Balaban J connectivity index is 1.87. The van der Waals surface area contributed by atoms with Crippen molar-refractivity contribution in [3.63, 3.8) is 0 Å². The minimum atomic E-state index is -0.985. The fourth-order valence-electron chi connectivity index (χ4n) is 4.26. The Morgan fingerprint density at radius 1 is 1.03 bits per heavy atom. The topological polar surface area (TPSA) is 109 Å². The lowest BCUT2D eigenvalue weighted by Gasteiger charge is -2.27. The van der Waals surface area contributed by atoms with Crippen LogP contribution >= 0.6 is 0 Å². The average Bonchev–Trinajstić information content (AvgIpc) is 2.87. The van der Waals surface area contributed by atoms with Crippen LogP contribution in [-0.4, -0.2) is 37.2 Å². The fraction of sp³-hybridized carbons (Fsp3) is 0.321. The number of pyridine rings is 1. The molecule has 3 rings (SSSR count). The first-order valence-corrected chi connectivity index (χ1v) is 11.8. The number of aromatic hydroxyl groups is 1. The summed E-state index contributed by atoms with van der Waals surface area (Å²) in [5, 5.41) is 22.3. The average molecular weight is 530 g/mol. The smallest absolute Gasteiger partial charge is 0.309 e. The number of hydrogen-bond donors (Lipinski definition) is 1. The van der Waals surface area contributed by atoms with Gasteiger partial charge in [-0.3, -0.25) is 9.59 Å². The molecule has 3 aromatic rings. The number of esters is 1. The summed E-state index contributed by atoms with van der Waals surface area (Å²) in [5.41, 5.74) is 0.937. The molecule has 10 heteroatoms. The van der Waals surface area contributed by atoms with E-state index in [2.05, 4.69) is 0 Å². The third-order valence-electron chi connectivity index (χ3n) is 6.26. The lowest BCUT2D eigenvalue weighted by Crippen LogP contribution is -2.35. The van der Waals surface area contributed by atoms with Crippen molar-refractivity contribution in [3.05, 3.63) is 87.9 Å². The lowest BCUT2D eigenvalue weighted by molar-refractivity contribution is -0.608. The van der Waals surface area contributed by atoms with Gasteiger partial charge >= 0.3 is 11.7 Å². The minimum absolute atomic E-state index is 0.0602. The number of ketones is 1. The van der Waals surface area contributed by atoms with E-state index in [0.717, 1.165) is 6.20 Å². The molecule has 0 fully saturated rings. The number of nitrogens with zero attached hydrogens (tertiary/aromatic N) is 1. The summed E-state index contributed by atoms with van der Waals surface area (Å²) in [6, 6.07) is 9.61. The van der Waals surface area contributed by atoms with Crippen LogP contribution in [-0.2, 0) is 9.53 Å². The number of aryl methyl sites for hydroxylation is 1. The first-order chi connectivity index (χ1) is 18.0. The van der Waals surface area contributed by atoms with Crippen LogP contribution in [0.5, 0.6) is 17.2 Å². The number of rotatable bonds is 10. The Bertz CT molecular complexity index is 1350. The Morgan fingerprint density at radius 2 is 1.71 bits per heavy atom. The number of hydrogen-bond acceptors (Lipinski definition) is 7. The molecule has 1 N–H and O–H groups in total. The van der Waals surface area contributed by atoms with E-state index in [1.807, 2.05) is 0 Å². The molecule has 0 radical (unpaired) electrons. The predicted octanol–water partition coefficient (Wildman–Crippen LogP) is 4.60. The van der Waals surface area contributed by atoms with Crippen molar-refractivity contribution in [2.45, 2.75) is 39.2 Å². The van der Waals surface area contributed by atoms with Gasteiger partial charge in [0.25, 0.3) is 0 Å². The number of methoxy groups -OCH3 is 2. The summed E-state index contributed by atoms with van der Waals surface area (Å²) in [4.78, 5) is 25.8. The van der Waals surface area contributed by atoms with Gasteiger partial charge in [-0.05, 0) is 37.1 Å². The molecule has 0 saturated carbocycles. The molecule has 0 unspecified atom stereocenters. The van der Waals surface area contributed by atoms with Crippen molar-refractivity contribution in [1.82, 2.24) is 0 Å². The number of ether oxygens (including phenoxy) is 3. The van der Waals surface area contributed by atoms with E-state index >= 15 is 0 Å². The SMILES string of the molecule is COc1cc(F)ccc1[C@@H](c1ccc(F)c(C)c1)[C@H](C)OC(=O)[C@H](C)CC(=O)c1c(O)c(OC)cc[n+]1[O-]. The Kier molecular flexibility index (Phi) is 8.88. The van der Waals surface area contributed by atoms with E-state index in [1.54, 1.807) is 26.0 Å². The van der Waals surface area contributed by atoms with E-state index in [-0.39, 0.29) is 16.2 Å². The summed E-state index contributed by atoms with van der Waals surface area (Å²) in [6.07, 6.45) is -0.254. The molecule has 8 nitrogen and oxygen atoms in total. The van der Waals surface area contributed by atoms with Gasteiger partial charge in [-0.2, -0.15) is 4.73 Å². The molecule has 3 atom stereocenters. The molecular formula is C28H29F2NO7. The number of carbonyl (C=O) groups is 2. The molecule has 38 heavy (non-hydrogen) atoms. The second-order valence-corrected chi connectivity index (χ2v) is 8.95. The van der Waals surface area contributed by atoms with Crippen molar-refractivity contribution in [2.24, 2.45) is 5.92 Å². The number of carbonyl (C=O) groups excluding carboxylic acids is 2. The summed E-state index contributed by atoms with van der Waals surface area (Å²) in [5.74, 6) is -4.57. The van der Waals surface area contributed by atoms with Gasteiger partial charge in [0, 0.05) is 30.0 Å². The molecule has 1 aromatic heterocycles. The summed E-state index contributed by atoms with van der Waals surface area (Å²) in [7, 11) is 2.65. The molecule has 202 valence electrons. The normalized spacial score (nSPS) is 13.3. The quantitative estimate of drug-likeness (QED) is 0.177. The standard InChI is InChI=1S/C28H29F2NO7/c1-15-12-18(6-9-21(15)30)25(20-8-7-19(29)14-24(20)37-5)17(3)38-28(34)16(2)13-22(32)26-27(33)23(36-4)10-11-31(26)35/h6-12,14,16-17,25,33H,13H2,1-5H3/t16-,17+,25-/m1/s1. The van der Waals surface area contributed by atoms with Gasteiger partial charge in [0.2, 0.25) is 11.5 Å². The van der Waals surface area contributed by atoms with Crippen molar-refractivity contribution >= 4 is 11.8 Å². The van der Waals surface area contributed by atoms with Crippen LogP contribution in [0.2, 0.25) is 0 Å². The maximum absolute atomic E-state index is 14.0. The largest absolute Gasteiger partial charge is 0.618 e. The van der Waals surface area contributed by atoms with Gasteiger partial charge in [0.05, 0.1) is 20.1 Å². The number of Topliss-reactive ketones (excluding diaryl/α,β-unsaturated/α-hetero) is 1. The monoisotopic (exact) mass is 529 g/mol. The lowest BCUT2D eigenvalue weighted by atomic mass is 9.85. The van der Waals surface area contributed by atoms with Crippen LogP contribution in [0.4, 0.5) is 8.78 Å². The molecular weight excluding hydrogens is 500 g/mol. The Hall–Kier alpha value is -4.21. The summed E-state index contributed by atoms with van der Waals surface area (Å²) in [6.45, 7) is 4.67. The second kappa shape index (κ2) is 11.9. The van der Waals surface area contributed by atoms with E-state index in [4.69, 9.17) is 14.2 Å². The Labute approximate surface area is 219 Å². The van der Waals surface area contributed by atoms with Crippen molar-refractivity contribution in [2.75, 3.05) is 14.2 Å². The first kappa shape index (κ1) is 28.4.